The van der Waals surface area contributed by atoms with Gasteiger partial charge in [-0.15, -0.1) is 0 Å². The van der Waals surface area contributed by atoms with E-state index in [1.165, 1.54) is 52.7 Å². The van der Waals surface area contributed by atoms with Gasteiger partial charge < -0.3 is 27.5 Å². The van der Waals surface area contributed by atoms with Gasteiger partial charge in [0.1, 0.15) is 33.3 Å². The number of rotatable bonds is 3. The minimum atomic E-state index is -4.37. The van der Waals surface area contributed by atoms with Crippen molar-refractivity contribution in [1.82, 2.24) is 9.97 Å². The molecule has 8 heterocycles. The summed E-state index contributed by atoms with van der Waals surface area (Å²) in [6.45, 7) is 4.25. The predicted octanol–water partition coefficient (Wildman–Crippen LogP) is 7.85. The van der Waals surface area contributed by atoms with E-state index in [1.54, 1.807) is 6.07 Å². The Morgan fingerprint density at radius 2 is 1.07 bits per heavy atom. The summed E-state index contributed by atoms with van der Waals surface area (Å²) in [4.78, 5) is 38.9. The second-order valence-electron chi connectivity index (χ2n) is 15.5. The molecule has 0 unspecified atom stereocenters. The Labute approximate surface area is 330 Å². The summed E-state index contributed by atoms with van der Waals surface area (Å²) in [5, 5.41) is 1.79. The molecule has 8 aromatic rings. The molecule has 0 saturated heterocycles. The summed E-state index contributed by atoms with van der Waals surface area (Å²) in [5.74, 6) is 0.367. The molecule has 0 bridgehead atoms. The first-order valence-electron chi connectivity index (χ1n) is 19.7. The Hall–Kier alpha value is -6.25. The zero-order valence-corrected chi connectivity index (χ0v) is 32.1. The van der Waals surface area contributed by atoms with Crippen molar-refractivity contribution in [1.29, 1.82) is 0 Å². The molecule has 4 aromatic carbocycles. The van der Waals surface area contributed by atoms with Crippen LogP contribution in [0.25, 0.3) is 67.0 Å². The Morgan fingerprint density at radius 1 is 0.569 bits per heavy atom. The lowest BCUT2D eigenvalue weighted by molar-refractivity contribution is 0.483. The second-order valence-corrected chi connectivity index (χ2v) is 16.9. The van der Waals surface area contributed by atoms with E-state index in [1.807, 2.05) is 30.3 Å². The monoisotopic (exact) mass is 796 g/mol. The smallest absolute Gasteiger partial charge is 0.349 e. The van der Waals surface area contributed by atoms with Crippen LogP contribution in [0.15, 0.2) is 98.9 Å². The maximum Gasteiger partial charge on any atom is 0.349 e. The molecule has 0 spiro atoms. The molecule has 0 aliphatic carbocycles. The van der Waals surface area contributed by atoms with Crippen molar-refractivity contribution in [3.63, 3.8) is 0 Å². The molecule has 1 N–H and O–H groups in total. The highest BCUT2D eigenvalue weighted by atomic mass is 32.2. The zero-order chi connectivity index (χ0) is 39.3. The SMILES string of the molecule is O=c1oc2c3c4c(cc2cc1-c1nc2ccc(S(=O)(=O)O)cc2o1)CCCN4CCC3.O=c1oc2c3c4c(cc2cc1-c1nc2ccccc2o1)CCCN4CCC3. The first-order valence-corrected chi connectivity index (χ1v) is 21.1. The largest absolute Gasteiger partial charge is 0.436 e. The van der Waals surface area contributed by atoms with Gasteiger partial charge in [-0.2, -0.15) is 8.42 Å². The number of anilines is 2. The minimum Gasteiger partial charge on any atom is -0.436 e. The van der Waals surface area contributed by atoms with Crippen molar-refractivity contribution in [2.75, 3.05) is 36.0 Å². The third-order valence-corrected chi connectivity index (χ3v) is 12.7. The van der Waals surface area contributed by atoms with Crippen LogP contribution in [0.4, 0.5) is 11.4 Å². The lowest BCUT2D eigenvalue weighted by Crippen LogP contribution is -2.34. The second kappa shape index (κ2) is 13.1. The number of nitrogens with zero attached hydrogens (tertiary/aromatic N) is 4. The summed E-state index contributed by atoms with van der Waals surface area (Å²) in [7, 11) is -4.37. The summed E-state index contributed by atoms with van der Waals surface area (Å²) in [5.41, 5.74) is 10.3. The van der Waals surface area contributed by atoms with Crippen molar-refractivity contribution >= 4 is 65.6 Å². The Morgan fingerprint density at radius 3 is 1.60 bits per heavy atom. The van der Waals surface area contributed by atoms with E-state index in [-0.39, 0.29) is 21.9 Å². The van der Waals surface area contributed by atoms with Gasteiger partial charge in [0, 0.05) is 65.5 Å². The van der Waals surface area contributed by atoms with E-state index in [9.17, 15) is 22.6 Å². The first kappa shape index (κ1) is 35.0. The molecule has 14 heteroatoms. The van der Waals surface area contributed by atoms with Crippen LogP contribution in [0.5, 0.6) is 0 Å². The lowest BCUT2D eigenvalue weighted by Gasteiger charge is -2.37. The molecule has 58 heavy (non-hydrogen) atoms. The molecule has 13 nitrogen and oxygen atoms in total. The zero-order valence-electron chi connectivity index (χ0n) is 31.2. The van der Waals surface area contributed by atoms with Gasteiger partial charge in [-0.05, 0) is 111 Å². The molecule has 4 aliphatic heterocycles. The number of benzene rings is 4. The van der Waals surface area contributed by atoms with Gasteiger partial charge in [-0.3, -0.25) is 4.55 Å². The third kappa shape index (κ3) is 5.72. The van der Waals surface area contributed by atoms with Crippen molar-refractivity contribution in [2.45, 2.75) is 56.3 Å². The number of oxazole rings is 2. The molecule has 0 amide bonds. The average molecular weight is 797 g/mol. The summed E-state index contributed by atoms with van der Waals surface area (Å²) < 4.78 is 55.1. The number of aryl methyl sites for hydroxylation is 4. The maximum absolute atomic E-state index is 12.9. The van der Waals surface area contributed by atoms with Crippen molar-refractivity contribution < 1.29 is 30.6 Å². The number of para-hydroxylation sites is 2. The van der Waals surface area contributed by atoms with Crippen LogP contribution >= 0.6 is 0 Å². The number of fused-ring (bicyclic) bond motifs is 6. The van der Waals surface area contributed by atoms with E-state index in [4.69, 9.17) is 17.7 Å². The number of hydrogen-bond acceptors (Lipinski definition) is 12. The fraction of sp³-hybridized carbons (Fsp3) is 0.273. The van der Waals surface area contributed by atoms with Crippen molar-refractivity contribution in [3.05, 3.63) is 110 Å². The van der Waals surface area contributed by atoms with E-state index in [0.717, 1.165) is 98.6 Å². The first-order chi connectivity index (χ1) is 28.2. The number of hydrogen-bond donors (Lipinski definition) is 1. The highest BCUT2D eigenvalue weighted by Gasteiger charge is 2.29. The molecule has 12 rings (SSSR count). The van der Waals surface area contributed by atoms with Gasteiger partial charge in [0.15, 0.2) is 11.2 Å². The van der Waals surface area contributed by atoms with E-state index in [0.29, 0.717) is 28.1 Å². The molecule has 4 aliphatic rings. The molecule has 0 fully saturated rings. The topological polar surface area (TPSA) is 173 Å². The van der Waals surface area contributed by atoms with Gasteiger partial charge in [0.25, 0.3) is 10.1 Å². The summed E-state index contributed by atoms with van der Waals surface area (Å²) >= 11 is 0. The van der Waals surface area contributed by atoms with E-state index in [2.05, 4.69) is 31.9 Å². The fourth-order valence-corrected chi connectivity index (χ4v) is 9.85. The molecule has 0 saturated carbocycles. The summed E-state index contributed by atoms with van der Waals surface area (Å²) in [6, 6.07) is 19.2. The van der Waals surface area contributed by atoms with Crippen LogP contribution in [-0.2, 0) is 35.8 Å². The maximum atomic E-state index is 12.9. The quantitative estimate of drug-likeness (QED) is 0.135. The molecular formula is C44H36N4O9S. The van der Waals surface area contributed by atoms with Gasteiger partial charge >= 0.3 is 11.3 Å². The van der Waals surface area contributed by atoms with Crippen LogP contribution < -0.4 is 21.1 Å². The van der Waals surface area contributed by atoms with Crippen LogP contribution in [0, 0.1) is 0 Å². The molecule has 292 valence electrons. The van der Waals surface area contributed by atoms with Crippen LogP contribution in [0.3, 0.4) is 0 Å². The van der Waals surface area contributed by atoms with Crippen molar-refractivity contribution in [3.8, 4) is 22.9 Å². The Balaban J connectivity index is 0.000000134. The molecule has 4 aromatic heterocycles. The fourth-order valence-electron chi connectivity index (χ4n) is 9.36. The Kier molecular flexibility index (Phi) is 7.92. The molecule has 0 radical (unpaired) electrons. The highest BCUT2D eigenvalue weighted by molar-refractivity contribution is 7.85. The standard InChI is InChI=1S/C22H18N2O6S.C22H18N2O3/c25-22-16(21-23-17-6-5-14(31(26,27)28)11-18(17)29-21)10-13-9-12-3-1-7-24-8-2-4-15(19(12)24)20(13)30-22;25-22-16(21-23-17-7-1-2-8-18(17)26-21)12-14-11-13-5-3-9-24-10-4-6-15(19(13)24)20(14)27-22/h5-6,9-11H,1-4,7-8H2,(H,26,27,28);1-2,7-8,11-12H,3-6,9-10H2. The normalized spacial score (nSPS) is 16.1. The average Bonchev–Trinajstić information content (AvgIpc) is 3.86. The van der Waals surface area contributed by atoms with Crippen LogP contribution in [0.1, 0.15) is 47.9 Å². The van der Waals surface area contributed by atoms with E-state index < -0.39 is 21.4 Å². The minimum absolute atomic E-state index is 0.0473. The van der Waals surface area contributed by atoms with Gasteiger partial charge in [0.05, 0.1) is 4.90 Å². The van der Waals surface area contributed by atoms with Gasteiger partial charge in [0.2, 0.25) is 11.8 Å². The third-order valence-electron chi connectivity index (χ3n) is 11.8. The van der Waals surface area contributed by atoms with Crippen LogP contribution in [-0.4, -0.2) is 49.1 Å². The van der Waals surface area contributed by atoms with E-state index >= 15 is 0 Å². The summed E-state index contributed by atoms with van der Waals surface area (Å²) in [6.07, 6.45) is 8.30. The van der Waals surface area contributed by atoms with Gasteiger partial charge in [-0.25, -0.2) is 19.6 Å². The van der Waals surface area contributed by atoms with Gasteiger partial charge in [-0.1, -0.05) is 12.1 Å². The Bertz CT molecular complexity index is 3210. The highest BCUT2D eigenvalue weighted by Crippen LogP contribution is 2.42. The molecular weight excluding hydrogens is 761 g/mol. The number of aromatic nitrogens is 2. The molecule has 0 atom stereocenters. The lowest BCUT2D eigenvalue weighted by atomic mass is 9.90. The predicted molar refractivity (Wildman–Crippen MR) is 218 cm³/mol. The van der Waals surface area contributed by atoms with Crippen molar-refractivity contribution in [2.24, 2.45) is 0 Å². The van der Waals surface area contributed by atoms with Crippen LogP contribution in [0.2, 0.25) is 0 Å².